The lowest BCUT2D eigenvalue weighted by Crippen LogP contribution is -2.02. The van der Waals surface area contributed by atoms with E-state index in [-0.39, 0.29) is 12.4 Å². The first-order valence-electron chi connectivity index (χ1n) is 7.86. The van der Waals surface area contributed by atoms with E-state index < -0.39 is 0 Å². The Hall–Kier alpha value is -1.94. The highest BCUT2D eigenvalue weighted by Crippen LogP contribution is 2.26. The standard InChI is InChI=1S/C20H15Cl3FNO/c21-14-7-8-20(18(23)10-14)25-11-13-3-1-4-15(9-13)26-12-16-17(22)5-2-6-19(16)24/h1-10,25H,11-12H2. The maximum Gasteiger partial charge on any atom is 0.131 e. The molecule has 3 aromatic carbocycles. The smallest absolute Gasteiger partial charge is 0.131 e. The molecular weight excluding hydrogens is 396 g/mol. The summed E-state index contributed by atoms with van der Waals surface area (Å²) in [5.41, 5.74) is 2.12. The van der Waals surface area contributed by atoms with Crippen molar-refractivity contribution in [1.29, 1.82) is 0 Å². The van der Waals surface area contributed by atoms with Gasteiger partial charge in [0.05, 0.1) is 15.7 Å². The van der Waals surface area contributed by atoms with Crippen molar-refractivity contribution in [2.45, 2.75) is 13.2 Å². The molecule has 0 heterocycles. The number of halogens is 4. The number of benzene rings is 3. The van der Waals surface area contributed by atoms with Gasteiger partial charge >= 0.3 is 0 Å². The molecule has 3 rings (SSSR count). The quantitative estimate of drug-likeness (QED) is 0.473. The summed E-state index contributed by atoms with van der Waals surface area (Å²) < 4.78 is 19.5. The molecule has 3 aromatic rings. The number of rotatable bonds is 6. The van der Waals surface area contributed by atoms with Crippen LogP contribution in [-0.2, 0) is 13.2 Å². The molecule has 0 bridgehead atoms. The second-order valence-corrected chi connectivity index (χ2v) is 6.86. The number of hydrogen-bond acceptors (Lipinski definition) is 2. The van der Waals surface area contributed by atoms with Crippen LogP contribution in [0.15, 0.2) is 60.7 Å². The lowest BCUT2D eigenvalue weighted by atomic mass is 10.2. The Morgan fingerprint density at radius 2 is 1.69 bits per heavy atom. The van der Waals surface area contributed by atoms with Crippen LogP contribution in [0.4, 0.5) is 10.1 Å². The molecular formula is C20H15Cl3FNO. The molecule has 0 spiro atoms. The Kier molecular flexibility index (Phi) is 6.25. The van der Waals surface area contributed by atoms with Gasteiger partial charge in [-0.25, -0.2) is 4.39 Å². The second kappa shape index (κ2) is 8.63. The van der Waals surface area contributed by atoms with Gasteiger partial charge in [-0.1, -0.05) is 53.0 Å². The van der Waals surface area contributed by atoms with E-state index in [9.17, 15) is 4.39 Å². The molecule has 2 nitrogen and oxygen atoms in total. The summed E-state index contributed by atoms with van der Waals surface area (Å²) in [6.07, 6.45) is 0. The molecule has 26 heavy (non-hydrogen) atoms. The number of anilines is 1. The molecule has 0 unspecified atom stereocenters. The molecule has 0 saturated heterocycles. The van der Waals surface area contributed by atoms with Crippen LogP contribution in [0, 0.1) is 5.82 Å². The van der Waals surface area contributed by atoms with Crippen LogP contribution in [-0.4, -0.2) is 0 Å². The van der Waals surface area contributed by atoms with Crippen LogP contribution in [0.2, 0.25) is 15.1 Å². The van der Waals surface area contributed by atoms with Crippen LogP contribution < -0.4 is 10.1 Å². The van der Waals surface area contributed by atoms with Crippen LogP contribution in [0.5, 0.6) is 5.75 Å². The molecule has 0 amide bonds. The summed E-state index contributed by atoms with van der Waals surface area (Å²) in [7, 11) is 0. The first kappa shape index (κ1) is 18.8. The van der Waals surface area contributed by atoms with E-state index in [4.69, 9.17) is 39.5 Å². The Labute approximate surface area is 166 Å². The van der Waals surface area contributed by atoms with Gasteiger partial charge in [0.25, 0.3) is 0 Å². The summed E-state index contributed by atoms with van der Waals surface area (Å²) in [5, 5.41) is 4.74. The van der Waals surface area contributed by atoms with Gasteiger partial charge in [0.1, 0.15) is 18.2 Å². The maximum atomic E-state index is 13.8. The first-order valence-corrected chi connectivity index (χ1v) is 9.00. The molecule has 6 heteroatoms. The van der Waals surface area contributed by atoms with E-state index in [1.807, 2.05) is 30.3 Å². The summed E-state index contributed by atoms with van der Waals surface area (Å²) >= 11 is 18.1. The SMILES string of the molecule is Fc1cccc(Cl)c1COc1cccc(CNc2ccc(Cl)cc2Cl)c1. The molecule has 0 aliphatic rings. The van der Waals surface area contributed by atoms with Gasteiger partial charge in [-0.2, -0.15) is 0 Å². The first-order chi connectivity index (χ1) is 12.5. The van der Waals surface area contributed by atoms with E-state index in [1.54, 1.807) is 24.3 Å². The largest absolute Gasteiger partial charge is 0.489 e. The van der Waals surface area contributed by atoms with E-state index in [0.29, 0.717) is 32.9 Å². The Bertz CT molecular complexity index is 897. The van der Waals surface area contributed by atoms with Crippen molar-refractivity contribution in [1.82, 2.24) is 0 Å². The molecule has 0 aliphatic heterocycles. The fourth-order valence-corrected chi connectivity index (χ4v) is 3.09. The highest BCUT2D eigenvalue weighted by atomic mass is 35.5. The third kappa shape index (κ3) is 4.82. The average Bonchev–Trinajstić information content (AvgIpc) is 2.61. The minimum Gasteiger partial charge on any atom is -0.489 e. The Morgan fingerprint density at radius 3 is 2.46 bits per heavy atom. The van der Waals surface area contributed by atoms with E-state index in [2.05, 4.69) is 5.32 Å². The molecule has 0 saturated carbocycles. The monoisotopic (exact) mass is 409 g/mol. The van der Waals surface area contributed by atoms with Gasteiger partial charge in [0.15, 0.2) is 0 Å². The lowest BCUT2D eigenvalue weighted by Gasteiger charge is -2.12. The van der Waals surface area contributed by atoms with Crippen molar-refractivity contribution in [2.75, 3.05) is 5.32 Å². The summed E-state index contributed by atoms with van der Waals surface area (Å²) in [5.74, 6) is 0.249. The zero-order chi connectivity index (χ0) is 18.5. The highest BCUT2D eigenvalue weighted by Gasteiger charge is 2.08. The van der Waals surface area contributed by atoms with Crippen LogP contribution in [0.1, 0.15) is 11.1 Å². The molecule has 0 radical (unpaired) electrons. The Morgan fingerprint density at radius 1 is 0.885 bits per heavy atom. The predicted molar refractivity (Wildman–Crippen MR) is 106 cm³/mol. The number of ether oxygens (including phenoxy) is 1. The second-order valence-electron chi connectivity index (χ2n) is 5.61. The van der Waals surface area contributed by atoms with Gasteiger partial charge in [-0.15, -0.1) is 0 Å². The van der Waals surface area contributed by atoms with Gasteiger partial charge in [-0.05, 0) is 48.0 Å². The van der Waals surface area contributed by atoms with Crippen molar-refractivity contribution in [3.05, 3.63) is 92.7 Å². The molecule has 0 fully saturated rings. The molecule has 1 N–H and O–H groups in total. The fourth-order valence-electron chi connectivity index (χ4n) is 2.40. The van der Waals surface area contributed by atoms with E-state index >= 15 is 0 Å². The average molecular weight is 411 g/mol. The normalized spacial score (nSPS) is 10.6. The maximum absolute atomic E-state index is 13.8. The van der Waals surface area contributed by atoms with Crippen molar-refractivity contribution in [3.63, 3.8) is 0 Å². The Balaban J connectivity index is 1.64. The third-order valence-corrected chi connectivity index (χ3v) is 4.66. The minimum absolute atomic E-state index is 0.0609. The zero-order valence-corrected chi connectivity index (χ0v) is 15.9. The number of hydrogen-bond donors (Lipinski definition) is 1. The predicted octanol–water partition coefficient (Wildman–Crippen LogP) is 6.98. The molecule has 0 aliphatic carbocycles. The van der Waals surface area contributed by atoms with Crippen molar-refractivity contribution < 1.29 is 9.13 Å². The minimum atomic E-state index is -0.382. The highest BCUT2D eigenvalue weighted by molar-refractivity contribution is 6.36. The van der Waals surface area contributed by atoms with Crippen LogP contribution in [0.25, 0.3) is 0 Å². The molecule has 0 aromatic heterocycles. The topological polar surface area (TPSA) is 21.3 Å². The van der Waals surface area contributed by atoms with Crippen molar-refractivity contribution >= 4 is 40.5 Å². The number of nitrogens with one attached hydrogen (secondary N) is 1. The van der Waals surface area contributed by atoms with Crippen LogP contribution in [0.3, 0.4) is 0 Å². The van der Waals surface area contributed by atoms with Crippen LogP contribution >= 0.6 is 34.8 Å². The summed E-state index contributed by atoms with van der Waals surface area (Å²) in [6.45, 7) is 0.615. The van der Waals surface area contributed by atoms with Gasteiger partial charge in [0.2, 0.25) is 0 Å². The van der Waals surface area contributed by atoms with Gasteiger partial charge in [-0.3, -0.25) is 0 Å². The summed E-state index contributed by atoms with van der Waals surface area (Å²) in [4.78, 5) is 0. The zero-order valence-electron chi connectivity index (χ0n) is 13.6. The van der Waals surface area contributed by atoms with Crippen molar-refractivity contribution in [3.8, 4) is 5.75 Å². The van der Waals surface area contributed by atoms with E-state index in [0.717, 1.165) is 11.3 Å². The van der Waals surface area contributed by atoms with Gasteiger partial charge in [0, 0.05) is 17.1 Å². The van der Waals surface area contributed by atoms with E-state index in [1.165, 1.54) is 6.07 Å². The fraction of sp³-hybridized carbons (Fsp3) is 0.100. The molecule has 0 atom stereocenters. The molecule has 134 valence electrons. The van der Waals surface area contributed by atoms with Crippen molar-refractivity contribution in [2.24, 2.45) is 0 Å². The third-order valence-electron chi connectivity index (χ3n) is 3.76. The summed E-state index contributed by atoms with van der Waals surface area (Å²) in [6, 6.07) is 17.4. The lowest BCUT2D eigenvalue weighted by molar-refractivity contribution is 0.299. The van der Waals surface area contributed by atoms with Gasteiger partial charge < -0.3 is 10.1 Å².